The lowest BCUT2D eigenvalue weighted by molar-refractivity contribution is 0.101. The van der Waals surface area contributed by atoms with Gasteiger partial charge in [0.15, 0.2) is 5.78 Å². The summed E-state index contributed by atoms with van der Waals surface area (Å²) in [7, 11) is 0. The van der Waals surface area contributed by atoms with E-state index >= 15 is 0 Å². The Morgan fingerprint density at radius 1 is 1.50 bits per heavy atom. The fourth-order valence-corrected chi connectivity index (χ4v) is 0.956. The molecule has 1 aromatic carbocycles. The summed E-state index contributed by atoms with van der Waals surface area (Å²) in [6.45, 7) is 1.47. The minimum Gasteiger partial charge on any atom is -0.507 e. The van der Waals surface area contributed by atoms with Gasteiger partial charge in [-0.25, -0.2) is 0 Å². The lowest BCUT2D eigenvalue weighted by atomic mass is 10.1. The van der Waals surface area contributed by atoms with E-state index in [1.807, 2.05) is 0 Å². The third-order valence-electron chi connectivity index (χ3n) is 1.38. The molecule has 0 aliphatic carbocycles. The molecule has 0 amide bonds. The fraction of sp³-hybridized carbons (Fsp3) is 0.222. The number of hydrogen-bond donors (Lipinski definition) is 2. The van der Waals surface area contributed by atoms with Gasteiger partial charge in [0, 0.05) is 10.5 Å². The number of carbonyl (C=O) groups excluding carboxylic acids is 1. The Morgan fingerprint density at radius 2 is 2.08 bits per heavy atom. The van der Waals surface area contributed by atoms with Crippen LogP contribution < -0.4 is 0 Å². The van der Waals surface area contributed by atoms with Gasteiger partial charge >= 0.3 is 0 Å². The number of Topliss-reactive ketones (excluding diaryl/α,β-unsaturated/α-hetero) is 1. The number of phenolic OH excluding ortho intramolecular Hbond substituents is 1. The van der Waals surface area contributed by atoms with Gasteiger partial charge < -0.3 is 5.11 Å². The van der Waals surface area contributed by atoms with Crippen LogP contribution in [0.25, 0.3) is 0 Å². The van der Waals surface area contributed by atoms with E-state index in [4.69, 9.17) is 5.11 Å². The van der Waals surface area contributed by atoms with Crippen molar-refractivity contribution in [1.29, 1.82) is 0 Å². The Labute approximate surface area is 77.6 Å². The van der Waals surface area contributed by atoms with Crippen LogP contribution in [0.1, 0.15) is 24.7 Å². The molecule has 0 bridgehead atoms. The molecule has 0 spiro atoms. The van der Waals surface area contributed by atoms with Crippen molar-refractivity contribution in [3.05, 3.63) is 23.8 Å². The molecular formula is C9H12O2S. The number of phenols is 1. The first kappa shape index (κ1) is 11.0. The molecule has 1 aromatic rings. The minimum atomic E-state index is -0.0275. The molecule has 0 atom stereocenters. The van der Waals surface area contributed by atoms with E-state index in [0.29, 0.717) is 10.5 Å². The number of carbonyl (C=O) groups is 1. The number of ketones is 1. The van der Waals surface area contributed by atoms with Crippen LogP contribution in [0.4, 0.5) is 0 Å². The highest BCUT2D eigenvalue weighted by Gasteiger charge is 2.01. The summed E-state index contributed by atoms with van der Waals surface area (Å²) in [5.41, 5.74) is 0.563. The maximum Gasteiger partial charge on any atom is 0.159 e. The van der Waals surface area contributed by atoms with Crippen LogP contribution in [0.15, 0.2) is 23.1 Å². The highest BCUT2D eigenvalue weighted by Crippen LogP contribution is 2.21. The molecule has 66 valence electrons. The zero-order valence-electron chi connectivity index (χ0n) is 6.03. The van der Waals surface area contributed by atoms with Crippen LogP contribution in [-0.2, 0) is 0 Å². The van der Waals surface area contributed by atoms with Crippen LogP contribution >= 0.6 is 12.6 Å². The van der Waals surface area contributed by atoms with Crippen molar-refractivity contribution in [2.75, 3.05) is 0 Å². The van der Waals surface area contributed by atoms with Crippen molar-refractivity contribution in [2.45, 2.75) is 19.2 Å². The molecule has 0 unspecified atom stereocenters. The average Bonchev–Trinajstić information content (AvgIpc) is 1.94. The second-order valence-electron chi connectivity index (χ2n) is 2.26. The van der Waals surface area contributed by atoms with Gasteiger partial charge in [-0.1, -0.05) is 7.43 Å². The third-order valence-corrected chi connectivity index (χ3v) is 1.74. The predicted octanol–water partition coefficient (Wildman–Crippen LogP) is 2.52. The molecule has 0 aromatic heterocycles. The minimum absolute atomic E-state index is 0. The van der Waals surface area contributed by atoms with Crippen molar-refractivity contribution < 1.29 is 9.90 Å². The Bertz CT molecular complexity index is 295. The molecule has 0 aliphatic heterocycles. The van der Waals surface area contributed by atoms with Gasteiger partial charge in [-0.2, -0.15) is 0 Å². The highest BCUT2D eigenvalue weighted by atomic mass is 32.1. The number of aromatic hydroxyl groups is 1. The van der Waals surface area contributed by atoms with Gasteiger partial charge in [0.2, 0.25) is 0 Å². The number of rotatable bonds is 1. The maximum absolute atomic E-state index is 10.8. The first-order valence-electron chi connectivity index (χ1n) is 3.14. The third kappa shape index (κ3) is 2.27. The summed E-state index contributed by atoms with van der Waals surface area (Å²) >= 11 is 3.96. The van der Waals surface area contributed by atoms with Gasteiger partial charge in [-0.15, -0.1) is 12.6 Å². The van der Waals surface area contributed by atoms with E-state index in [-0.39, 0.29) is 19.0 Å². The Kier molecular flexibility index (Phi) is 3.83. The topological polar surface area (TPSA) is 37.3 Å². The van der Waals surface area contributed by atoms with Gasteiger partial charge in [0.25, 0.3) is 0 Å². The molecule has 0 saturated carbocycles. The van der Waals surface area contributed by atoms with Crippen molar-refractivity contribution in [2.24, 2.45) is 0 Å². The van der Waals surface area contributed by atoms with Crippen LogP contribution in [0, 0.1) is 0 Å². The summed E-state index contributed by atoms with van der Waals surface area (Å²) in [6.07, 6.45) is 0. The first-order chi connectivity index (χ1) is 5.11. The zero-order chi connectivity index (χ0) is 8.43. The van der Waals surface area contributed by atoms with E-state index in [1.54, 1.807) is 12.1 Å². The zero-order valence-corrected chi connectivity index (χ0v) is 6.93. The van der Waals surface area contributed by atoms with Crippen LogP contribution in [0.5, 0.6) is 5.75 Å². The fourth-order valence-electron chi connectivity index (χ4n) is 0.742. The normalized spacial score (nSPS) is 8.83. The van der Waals surface area contributed by atoms with E-state index in [0.717, 1.165) is 0 Å². The van der Waals surface area contributed by atoms with E-state index in [2.05, 4.69) is 12.6 Å². The van der Waals surface area contributed by atoms with Crippen molar-refractivity contribution in [3.63, 3.8) is 0 Å². The van der Waals surface area contributed by atoms with E-state index < -0.39 is 0 Å². The molecule has 3 heteroatoms. The van der Waals surface area contributed by atoms with Crippen molar-refractivity contribution >= 4 is 18.4 Å². The van der Waals surface area contributed by atoms with Crippen LogP contribution in [-0.4, -0.2) is 10.9 Å². The van der Waals surface area contributed by atoms with Gasteiger partial charge in [0.1, 0.15) is 5.75 Å². The monoisotopic (exact) mass is 184 g/mol. The largest absolute Gasteiger partial charge is 0.507 e. The summed E-state index contributed by atoms with van der Waals surface area (Å²) in [6, 6.07) is 4.57. The second kappa shape index (κ2) is 4.16. The van der Waals surface area contributed by atoms with Crippen molar-refractivity contribution in [1.82, 2.24) is 0 Å². The van der Waals surface area contributed by atoms with Crippen LogP contribution in [0.2, 0.25) is 0 Å². The predicted molar refractivity (Wildman–Crippen MR) is 52.1 cm³/mol. The van der Waals surface area contributed by atoms with E-state index in [9.17, 15) is 4.79 Å². The Balaban J connectivity index is 0.00000121. The smallest absolute Gasteiger partial charge is 0.159 e. The number of benzene rings is 1. The molecule has 0 radical (unpaired) electrons. The molecule has 2 nitrogen and oxygen atoms in total. The Morgan fingerprint density at radius 3 is 2.50 bits per heavy atom. The van der Waals surface area contributed by atoms with Crippen molar-refractivity contribution in [3.8, 4) is 5.75 Å². The summed E-state index contributed by atoms with van der Waals surface area (Å²) in [5, 5.41) is 9.04. The second-order valence-corrected chi connectivity index (χ2v) is 2.74. The number of hydrogen-bond acceptors (Lipinski definition) is 3. The van der Waals surface area contributed by atoms with Gasteiger partial charge in [-0.05, 0) is 25.1 Å². The molecule has 12 heavy (non-hydrogen) atoms. The van der Waals surface area contributed by atoms with Gasteiger partial charge in [-0.3, -0.25) is 4.79 Å². The summed E-state index contributed by atoms with van der Waals surface area (Å²) in [5.74, 6) is 0.0682. The maximum atomic E-state index is 10.8. The summed E-state index contributed by atoms with van der Waals surface area (Å²) in [4.78, 5) is 11.2. The highest BCUT2D eigenvalue weighted by molar-refractivity contribution is 7.80. The van der Waals surface area contributed by atoms with E-state index in [1.165, 1.54) is 13.0 Å². The molecule has 0 heterocycles. The SMILES string of the molecule is C.CC(=O)c1ccc(O)c(S)c1. The molecule has 0 aliphatic rings. The lowest BCUT2D eigenvalue weighted by Crippen LogP contribution is -1.90. The molecule has 0 saturated heterocycles. The average molecular weight is 184 g/mol. The molecule has 1 N–H and O–H groups in total. The molecule has 1 rings (SSSR count). The Hall–Kier alpha value is -0.960. The number of thiol groups is 1. The molecule has 0 fully saturated rings. The first-order valence-corrected chi connectivity index (χ1v) is 3.59. The standard InChI is InChI=1S/C8H8O2S.CH4/c1-5(9)6-2-3-7(10)8(11)4-6;/h2-4,10-11H,1H3;1H4. The van der Waals surface area contributed by atoms with Gasteiger partial charge in [0.05, 0.1) is 0 Å². The summed E-state index contributed by atoms with van der Waals surface area (Å²) < 4.78 is 0. The van der Waals surface area contributed by atoms with Crippen LogP contribution in [0.3, 0.4) is 0 Å². The molecular weight excluding hydrogens is 172 g/mol. The lowest BCUT2D eigenvalue weighted by Gasteiger charge is -1.98. The quantitative estimate of drug-likeness (QED) is 0.520.